The molecule has 3 atom stereocenters. The van der Waals surface area contributed by atoms with Gasteiger partial charge in [-0.1, -0.05) is 13.8 Å². The summed E-state index contributed by atoms with van der Waals surface area (Å²) in [5, 5.41) is 10.7. The van der Waals surface area contributed by atoms with Crippen LogP contribution in [0.3, 0.4) is 0 Å². The Hall–Kier alpha value is -2.63. The van der Waals surface area contributed by atoms with Crippen LogP contribution in [0.2, 0.25) is 0 Å². The highest BCUT2D eigenvalue weighted by Crippen LogP contribution is 2.43. The van der Waals surface area contributed by atoms with E-state index in [1.165, 1.54) is 20.3 Å². The van der Waals surface area contributed by atoms with Gasteiger partial charge in [0.1, 0.15) is 23.0 Å². The normalized spacial score (nSPS) is 20.6. The number of phenolic OH excluding ortho intramolecular Hbond substituents is 1. The van der Waals surface area contributed by atoms with Crippen LogP contribution in [0.4, 0.5) is 0 Å². The Morgan fingerprint density at radius 3 is 2.54 bits per heavy atom. The molecule has 3 rings (SSSR count). The molecule has 1 amide bonds. The fourth-order valence-corrected chi connectivity index (χ4v) is 4.23. The first kappa shape index (κ1) is 20.1. The standard InChI is InChI=1S/C22H29NO5/c1-14-8-15(2)13-23(12-14)21(25)11-17(19-6-5-7-28-19)22-18(24)9-16(26-3)10-20(22)27-4/h5-7,9-10,14-15,17,24H,8,11-13H2,1-4H3/t14-,15+,17?. The van der Waals surface area contributed by atoms with Crippen LogP contribution in [-0.2, 0) is 4.79 Å². The van der Waals surface area contributed by atoms with Crippen molar-refractivity contribution < 1.29 is 23.8 Å². The van der Waals surface area contributed by atoms with Crippen LogP contribution < -0.4 is 9.47 Å². The molecular formula is C22H29NO5. The first-order valence-electron chi connectivity index (χ1n) is 9.69. The maximum atomic E-state index is 13.1. The van der Waals surface area contributed by atoms with Crippen LogP contribution >= 0.6 is 0 Å². The number of rotatable bonds is 6. The first-order valence-corrected chi connectivity index (χ1v) is 9.69. The average Bonchev–Trinajstić information content (AvgIpc) is 3.19. The van der Waals surface area contributed by atoms with E-state index in [1.807, 2.05) is 11.0 Å². The third kappa shape index (κ3) is 4.26. The van der Waals surface area contributed by atoms with Gasteiger partial charge in [0.15, 0.2) is 0 Å². The van der Waals surface area contributed by atoms with Gasteiger partial charge in [0.2, 0.25) is 5.91 Å². The van der Waals surface area contributed by atoms with Gasteiger partial charge in [0, 0.05) is 37.2 Å². The number of methoxy groups -OCH3 is 2. The molecule has 1 aromatic heterocycles. The number of phenols is 1. The van der Waals surface area contributed by atoms with Crippen LogP contribution in [0.1, 0.15) is 43.9 Å². The molecule has 1 N–H and O–H groups in total. The third-order valence-corrected chi connectivity index (χ3v) is 5.38. The molecule has 0 aliphatic carbocycles. The van der Waals surface area contributed by atoms with E-state index in [9.17, 15) is 9.90 Å². The smallest absolute Gasteiger partial charge is 0.223 e. The third-order valence-electron chi connectivity index (χ3n) is 5.38. The topological polar surface area (TPSA) is 72.1 Å². The summed E-state index contributed by atoms with van der Waals surface area (Å²) in [6.07, 6.45) is 2.91. The summed E-state index contributed by atoms with van der Waals surface area (Å²) < 4.78 is 16.3. The second-order valence-electron chi connectivity index (χ2n) is 7.78. The van der Waals surface area contributed by atoms with Crippen LogP contribution in [0.25, 0.3) is 0 Å². The van der Waals surface area contributed by atoms with Gasteiger partial charge in [-0.05, 0) is 30.4 Å². The highest BCUT2D eigenvalue weighted by molar-refractivity contribution is 5.78. The molecule has 1 fully saturated rings. The minimum absolute atomic E-state index is 0.0192. The van der Waals surface area contributed by atoms with Crippen molar-refractivity contribution in [2.45, 2.75) is 32.6 Å². The fraction of sp³-hybridized carbons (Fsp3) is 0.500. The zero-order chi connectivity index (χ0) is 20.3. The van der Waals surface area contributed by atoms with Gasteiger partial charge in [-0.3, -0.25) is 4.79 Å². The average molecular weight is 387 g/mol. The number of furan rings is 1. The van der Waals surface area contributed by atoms with Crippen molar-refractivity contribution in [2.24, 2.45) is 11.8 Å². The number of hydrogen-bond donors (Lipinski definition) is 1. The maximum absolute atomic E-state index is 13.1. The van der Waals surface area contributed by atoms with Gasteiger partial charge in [-0.15, -0.1) is 0 Å². The zero-order valence-electron chi connectivity index (χ0n) is 17.0. The van der Waals surface area contributed by atoms with Crippen molar-refractivity contribution in [1.82, 2.24) is 4.90 Å². The van der Waals surface area contributed by atoms with Gasteiger partial charge in [-0.2, -0.15) is 0 Å². The molecule has 0 bridgehead atoms. The molecule has 1 saturated heterocycles. The van der Waals surface area contributed by atoms with Crippen molar-refractivity contribution in [3.05, 3.63) is 41.9 Å². The van der Waals surface area contributed by atoms with Crippen molar-refractivity contribution in [3.63, 3.8) is 0 Å². The van der Waals surface area contributed by atoms with Crippen LogP contribution in [-0.4, -0.2) is 43.2 Å². The summed E-state index contributed by atoms with van der Waals surface area (Å²) in [6, 6.07) is 6.84. The van der Waals surface area contributed by atoms with Gasteiger partial charge in [-0.25, -0.2) is 0 Å². The lowest BCUT2D eigenvalue weighted by Crippen LogP contribution is -2.43. The lowest BCUT2D eigenvalue weighted by Gasteiger charge is -2.35. The van der Waals surface area contributed by atoms with Crippen LogP contribution in [0.5, 0.6) is 17.2 Å². The van der Waals surface area contributed by atoms with E-state index in [1.54, 1.807) is 18.4 Å². The molecule has 1 aromatic carbocycles. The minimum Gasteiger partial charge on any atom is -0.507 e. The number of carbonyl (C=O) groups is 1. The lowest BCUT2D eigenvalue weighted by molar-refractivity contribution is -0.134. The number of carbonyl (C=O) groups excluding carboxylic acids is 1. The number of hydrogen-bond acceptors (Lipinski definition) is 5. The molecule has 1 aliphatic heterocycles. The molecule has 2 heterocycles. The van der Waals surface area contributed by atoms with E-state index in [4.69, 9.17) is 13.9 Å². The Morgan fingerprint density at radius 1 is 1.25 bits per heavy atom. The number of piperidine rings is 1. The van der Waals surface area contributed by atoms with E-state index in [2.05, 4.69) is 13.8 Å². The monoisotopic (exact) mass is 387 g/mol. The Labute approximate surface area is 166 Å². The van der Waals surface area contributed by atoms with E-state index in [-0.39, 0.29) is 18.1 Å². The van der Waals surface area contributed by atoms with Gasteiger partial charge < -0.3 is 23.9 Å². The highest BCUT2D eigenvalue weighted by atomic mass is 16.5. The second-order valence-corrected chi connectivity index (χ2v) is 7.78. The summed E-state index contributed by atoms with van der Waals surface area (Å²) in [5.74, 6) is 2.16. The van der Waals surface area contributed by atoms with E-state index >= 15 is 0 Å². The summed E-state index contributed by atoms with van der Waals surface area (Å²) in [4.78, 5) is 15.1. The molecule has 6 heteroatoms. The Bertz CT molecular complexity index is 792. The number of aromatic hydroxyl groups is 1. The number of nitrogens with zero attached hydrogens (tertiary/aromatic N) is 1. The van der Waals surface area contributed by atoms with Gasteiger partial charge >= 0.3 is 0 Å². The SMILES string of the molecule is COc1cc(O)c(C(CC(=O)N2C[C@H](C)C[C@H](C)C2)c2ccco2)c(OC)c1. The predicted octanol–water partition coefficient (Wildman–Crippen LogP) is 4.03. The molecule has 2 aromatic rings. The van der Waals surface area contributed by atoms with E-state index in [0.717, 1.165) is 19.5 Å². The highest BCUT2D eigenvalue weighted by Gasteiger charge is 2.32. The zero-order valence-corrected chi connectivity index (χ0v) is 17.0. The summed E-state index contributed by atoms with van der Waals surface area (Å²) in [7, 11) is 3.06. The molecule has 0 radical (unpaired) electrons. The Morgan fingerprint density at radius 2 is 1.96 bits per heavy atom. The number of benzene rings is 1. The summed E-state index contributed by atoms with van der Waals surface area (Å²) in [6.45, 7) is 5.89. The molecule has 0 saturated carbocycles. The molecule has 1 unspecified atom stereocenters. The van der Waals surface area contributed by atoms with Gasteiger partial charge in [0.05, 0.1) is 26.4 Å². The number of ether oxygens (including phenoxy) is 2. The quantitative estimate of drug-likeness (QED) is 0.810. The molecular weight excluding hydrogens is 358 g/mol. The maximum Gasteiger partial charge on any atom is 0.223 e. The largest absolute Gasteiger partial charge is 0.507 e. The lowest BCUT2D eigenvalue weighted by atomic mass is 9.88. The van der Waals surface area contributed by atoms with E-state index < -0.39 is 5.92 Å². The van der Waals surface area contributed by atoms with Crippen molar-refractivity contribution in [2.75, 3.05) is 27.3 Å². The summed E-state index contributed by atoms with van der Waals surface area (Å²) in [5.41, 5.74) is 0.532. The summed E-state index contributed by atoms with van der Waals surface area (Å²) >= 11 is 0. The number of likely N-dealkylation sites (tertiary alicyclic amines) is 1. The predicted molar refractivity (Wildman–Crippen MR) is 106 cm³/mol. The molecule has 152 valence electrons. The van der Waals surface area contributed by atoms with Crippen molar-refractivity contribution in [1.29, 1.82) is 0 Å². The Balaban J connectivity index is 1.94. The molecule has 6 nitrogen and oxygen atoms in total. The fourth-order valence-electron chi connectivity index (χ4n) is 4.23. The van der Waals surface area contributed by atoms with Crippen molar-refractivity contribution >= 4 is 5.91 Å². The van der Waals surface area contributed by atoms with Crippen LogP contribution in [0.15, 0.2) is 34.9 Å². The Kier molecular flexibility index (Phi) is 6.17. The molecule has 0 spiro atoms. The van der Waals surface area contributed by atoms with Crippen molar-refractivity contribution in [3.8, 4) is 17.2 Å². The first-order chi connectivity index (χ1) is 13.4. The molecule has 28 heavy (non-hydrogen) atoms. The van der Waals surface area contributed by atoms with Gasteiger partial charge in [0.25, 0.3) is 0 Å². The minimum atomic E-state index is -0.448. The second kappa shape index (κ2) is 8.59. The number of amides is 1. The molecule has 1 aliphatic rings. The van der Waals surface area contributed by atoms with E-state index in [0.29, 0.717) is 34.7 Å². The van der Waals surface area contributed by atoms with Crippen LogP contribution in [0, 0.1) is 11.8 Å².